The maximum Gasteiger partial charge on any atom is 0.342 e. The molecule has 0 amide bonds. The molecule has 0 aliphatic heterocycles. The fraction of sp³-hybridized carbons (Fsp3) is 0.238. The van der Waals surface area contributed by atoms with Crippen LogP contribution in [-0.4, -0.2) is 27.5 Å². The molecular formula is C21H21N3O6. The Morgan fingerprint density at radius 1 is 1.13 bits per heavy atom. The van der Waals surface area contributed by atoms with E-state index in [0.29, 0.717) is 11.5 Å². The Morgan fingerprint density at radius 2 is 1.80 bits per heavy atom. The van der Waals surface area contributed by atoms with E-state index >= 15 is 0 Å². The number of nitrogens with zero attached hydrogens (tertiary/aromatic N) is 2. The molecule has 3 aromatic rings. The molecule has 0 unspecified atom stereocenters. The SMILES string of the molecule is Cc1cc(C(=O)OCC(=O)c2c(N)n(Cc3ccccc3)c(=O)n(C)c2=O)c(C)o1. The monoisotopic (exact) mass is 411 g/mol. The minimum absolute atomic E-state index is 0.0766. The highest BCUT2D eigenvalue weighted by molar-refractivity contribution is 6.02. The number of carbonyl (C=O) groups excluding carboxylic acids is 2. The first-order valence-electron chi connectivity index (χ1n) is 9.11. The molecule has 0 radical (unpaired) electrons. The van der Waals surface area contributed by atoms with Crippen molar-refractivity contribution in [2.24, 2.45) is 7.05 Å². The van der Waals surface area contributed by atoms with Crippen LogP contribution in [0.2, 0.25) is 0 Å². The molecule has 0 aliphatic rings. The van der Waals surface area contributed by atoms with E-state index in [9.17, 15) is 19.2 Å². The molecular weight excluding hydrogens is 390 g/mol. The summed E-state index contributed by atoms with van der Waals surface area (Å²) in [5.74, 6) is -0.955. The first-order valence-corrected chi connectivity index (χ1v) is 9.11. The summed E-state index contributed by atoms with van der Waals surface area (Å²) >= 11 is 0. The van der Waals surface area contributed by atoms with E-state index in [1.54, 1.807) is 38.1 Å². The van der Waals surface area contributed by atoms with Gasteiger partial charge in [0.15, 0.2) is 6.61 Å². The fourth-order valence-corrected chi connectivity index (χ4v) is 3.08. The number of furan rings is 1. The van der Waals surface area contributed by atoms with E-state index in [-0.39, 0.29) is 17.9 Å². The predicted molar refractivity (Wildman–Crippen MR) is 109 cm³/mol. The Bertz CT molecular complexity index is 1230. The molecule has 1 aromatic carbocycles. The third-order valence-corrected chi connectivity index (χ3v) is 4.64. The highest BCUT2D eigenvalue weighted by Crippen LogP contribution is 2.15. The molecule has 2 aromatic heterocycles. The van der Waals surface area contributed by atoms with Crippen LogP contribution in [0.15, 0.2) is 50.4 Å². The second-order valence-corrected chi connectivity index (χ2v) is 6.80. The summed E-state index contributed by atoms with van der Waals surface area (Å²) in [5, 5.41) is 0. The van der Waals surface area contributed by atoms with Crippen molar-refractivity contribution in [3.63, 3.8) is 0 Å². The normalized spacial score (nSPS) is 10.8. The van der Waals surface area contributed by atoms with E-state index < -0.39 is 35.2 Å². The van der Waals surface area contributed by atoms with Gasteiger partial charge in [-0.05, 0) is 25.5 Å². The van der Waals surface area contributed by atoms with Gasteiger partial charge in [-0.1, -0.05) is 30.3 Å². The summed E-state index contributed by atoms with van der Waals surface area (Å²) in [5.41, 5.74) is 5.07. The van der Waals surface area contributed by atoms with Gasteiger partial charge >= 0.3 is 11.7 Å². The first-order chi connectivity index (χ1) is 14.2. The molecule has 9 nitrogen and oxygen atoms in total. The Kier molecular flexibility index (Phi) is 5.72. The minimum atomic E-state index is -0.849. The zero-order valence-corrected chi connectivity index (χ0v) is 16.8. The lowest BCUT2D eigenvalue weighted by Gasteiger charge is -2.14. The third-order valence-electron chi connectivity index (χ3n) is 4.64. The Morgan fingerprint density at radius 3 is 2.40 bits per heavy atom. The number of nitrogen functional groups attached to an aromatic ring is 1. The topological polar surface area (TPSA) is 127 Å². The van der Waals surface area contributed by atoms with Gasteiger partial charge in [0.1, 0.15) is 28.5 Å². The van der Waals surface area contributed by atoms with Gasteiger partial charge in [-0.3, -0.25) is 18.7 Å². The van der Waals surface area contributed by atoms with Gasteiger partial charge in [0.25, 0.3) is 5.56 Å². The average Bonchev–Trinajstić information content (AvgIpc) is 3.07. The lowest BCUT2D eigenvalue weighted by molar-refractivity contribution is 0.0472. The predicted octanol–water partition coefficient (Wildman–Crippen LogP) is 1.43. The number of Topliss-reactive ketones (excluding diaryl/α,β-unsaturated/α-hetero) is 1. The molecule has 0 bridgehead atoms. The second kappa shape index (κ2) is 8.24. The fourth-order valence-electron chi connectivity index (χ4n) is 3.08. The summed E-state index contributed by atoms with van der Waals surface area (Å²) in [7, 11) is 1.26. The van der Waals surface area contributed by atoms with Crippen LogP contribution >= 0.6 is 0 Å². The molecule has 156 valence electrons. The van der Waals surface area contributed by atoms with Crippen LogP contribution in [0.3, 0.4) is 0 Å². The number of benzene rings is 1. The van der Waals surface area contributed by atoms with E-state index in [4.69, 9.17) is 14.9 Å². The van der Waals surface area contributed by atoms with Crippen LogP contribution in [0.1, 0.15) is 37.8 Å². The van der Waals surface area contributed by atoms with Gasteiger partial charge in [0.05, 0.1) is 6.54 Å². The molecule has 0 spiro atoms. The largest absolute Gasteiger partial charge is 0.466 e. The van der Waals surface area contributed by atoms with Gasteiger partial charge < -0.3 is 14.9 Å². The maximum absolute atomic E-state index is 12.7. The quantitative estimate of drug-likeness (QED) is 0.480. The number of aromatic nitrogens is 2. The summed E-state index contributed by atoms with van der Waals surface area (Å²) in [6, 6.07) is 10.5. The molecule has 0 atom stereocenters. The van der Waals surface area contributed by atoms with Crippen molar-refractivity contribution in [3.05, 3.63) is 85.4 Å². The number of esters is 1. The highest BCUT2D eigenvalue weighted by Gasteiger charge is 2.24. The van der Waals surface area contributed by atoms with Gasteiger partial charge in [-0.25, -0.2) is 9.59 Å². The van der Waals surface area contributed by atoms with E-state index in [1.165, 1.54) is 13.1 Å². The lowest BCUT2D eigenvalue weighted by Crippen LogP contribution is -2.43. The van der Waals surface area contributed by atoms with Crippen molar-refractivity contribution < 1.29 is 18.7 Å². The van der Waals surface area contributed by atoms with E-state index in [2.05, 4.69) is 0 Å². The van der Waals surface area contributed by atoms with Crippen LogP contribution < -0.4 is 17.0 Å². The zero-order valence-electron chi connectivity index (χ0n) is 16.8. The van der Waals surface area contributed by atoms with Crippen molar-refractivity contribution in [3.8, 4) is 0 Å². The van der Waals surface area contributed by atoms with Crippen molar-refractivity contribution in [1.29, 1.82) is 0 Å². The van der Waals surface area contributed by atoms with Crippen LogP contribution in [0.5, 0.6) is 0 Å². The third kappa shape index (κ3) is 3.95. The van der Waals surface area contributed by atoms with Crippen LogP contribution in [0.4, 0.5) is 5.82 Å². The molecule has 9 heteroatoms. The van der Waals surface area contributed by atoms with Gasteiger partial charge in [-0.15, -0.1) is 0 Å². The average molecular weight is 411 g/mol. The molecule has 0 fully saturated rings. The molecule has 0 aliphatic carbocycles. The molecule has 3 rings (SSSR count). The summed E-state index contributed by atoms with van der Waals surface area (Å²) in [6.07, 6.45) is 0. The van der Waals surface area contributed by atoms with Crippen molar-refractivity contribution in [2.75, 3.05) is 12.3 Å². The number of rotatable bonds is 6. The van der Waals surface area contributed by atoms with Crippen LogP contribution in [-0.2, 0) is 18.3 Å². The van der Waals surface area contributed by atoms with Crippen molar-refractivity contribution >= 4 is 17.6 Å². The Labute approximate surface area is 171 Å². The standard InChI is InChI=1S/C21H21N3O6/c1-12-9-15(13(2)30-12)20(27)29-11-16(25)17-18(22)24(21(28)23(3)19(17)26)10-14-7-5-4-6-8-14/h4-9H,10-11,22H2,1-3H3. The van der Waals surface area contributed by atoms with Gasteiger partial charge in [-0.2, -0.15) is 0 Å². The highest BCUT2D eigenvalue weighted by atomic mass is 16.5. The second-order valence-electron chi connectivity index (χ2n) is 6.80. The van der Waals surface area contributed by atoms with Gasteiger partial charge in [0, 0.05) is 7.05 Å². The number of hydrogen-bond acceptors (Lipinski definition) is 7. The summed E-state index contributed by atoms with van der Waals surface area (Å²) in [4.78, 5) is 49.9. The van der Waals surface area contributed by atoms with Crippen LogP contribution in [0, 0.1) is 13.8 Å². The van der Waals surface area contributed by atoms with E-state index in [0.717, 1.165) is 14.7 Å². The number of ether oxygens (including phenoxy) is 1. The molecule has 2 heterocycles. The number of aryl methyl sites for hydroxylation is 2. The van der Waals surface area contributed by atoms with Crippen molar-refractivity contribution in [2.45, 2.75) is 20.4 Å². The van der Waals surface area contributed by atoms with E-state index in [1.807, 2.05) is 6.07 Å². The smallest absolute Gasteiger partial charge is 0.342 e. The first kappa shape index (κ1) is 20.8. The zero-order chi connectivity index (χ0) is 22.0. The molecule has 0 saturated carbocycles. The number of nitrogens with two attached hydrogens (primary N) is 1. The Hall–Kier alpha value is -3.88. The number of ketones is 1. The van der Waals surface area contributed by atoms with Crippen LogP contribution in [0.25, 0.3) is 0 Å². The van der Waals surface area contributed by atoms with Crippen molar-refractivity contribution in [1.82, 2.24) is 9.13 Å². The molecule has 2 N–H and O–H groups in total. The minimum Gasteiger partial charge on any atom is -0.466 e. The number of anilines is 1. The molecule has 30 heavy (non-hydrogen) atoms. The summed E-state index contributed by atoms with van der Waals surface area (Å²) in [6.45, 7) is 2.65. The Balaban J connectivity index is 1.90. The number of carbonyl (C=O) groups is 2. The maximum atomic E-state index is 12.7. The molecule has 0 saturated heterocycles. The number of hydrogen-bond donors (Lipinski definition) is 1. The lowest BCUT2D eigenvalue weighted by atomic mass is 10.2. The van der Waals surface area contributed by atoms with Gasteiger partial charge in [0.2, 0.25) is 5.78 Å². The summed E-state index contributed by atoms with van der Waals surface area (Å²) < 4.78 is 12.2.